The molecule has 1 unspecified atom stereocenters. The maximum Gasteiger partial charge on any atom is 0.320 e. The molecular weight excluding hydrogens is 570 g/mol. The summed E-state index contributed by atoms with van der Waals surface area (Å²) in [6, 6.07) is 15.7. The summed E-state index contributed by atoms with van der Waals surface area (Å²) in [4.78, 5) is 21.0. The molecule has 0 aliphatic carbocycles. The van der Waals surface area contributed by atoms with Crippen molar-refractivity contribution in [2.45, 2.75) is 52.1 Å². The SMILES string of the molecule is COCCN(C)CCCOc1cccc(-c2cccc(-c3nc4cc(CN5CCCCC5C(=O)O)c(OC)cc4o3)c2C)c1C. The Morgan fingerprint density at radius 3 is 2.51 bits per heavy atom. The lowest BCUT2D eigenvalue weighted by molar-refractivity contribution is -0.144. The Hall–Kier alpha value is -3.92. The van der Waals surface area contributed by atoms with Crippen LogP contribution in [-0.4, -0.2) is 86.0 Å². The highest BCUT2D eigenvalue weighted by Crippen LogP contribution is 2.38. The molecule has 0 saturated carbocycles. The van der Waals surface area contributed by atoms with Crippen molar-refractivity contribution in [3.05, 3.63) is 65.2 Å². The van der Waals surface area contributed by atoms with Crippen LogP contribution in [0.5, 0.6) is 11.5 Å². The van der Waals surface area contributed by atoms with Gasteiger partial charge in [0.2, 0.25) is 5.89 Å². The minimum atomic E-state index is -0.775. The monoisotopic (exact) mass is 615 g/mol. The van der Waals surface area contributed by atoms with E-state index in [1.807, 2.05) is 41.3 Å². The summed E-state index contributed by atoms with van der Waals surface area (Å²) in [5.41, 5.74) is 7.52. The van der Waals surface area contributed by atoms with E-state index in [4.69, 9.17) is 23.6 Å². The molecule has 5 rings (SSSR count). The number of likely N-dealkylation sites (tertiary alicyclic amines) is 1. The molecule has 45 heavy (non-hydrogen) atoms. The minimum Gasteiger partial charge on any atom is -0.496 e. The zero-order valence-corrected chi connectivity index (χ0v) is 27.1. The zero-order chi connectivity index (χ0) is 31.9. The second-order valence-electron chi connectivity index (χ2n) is 11.9. The summed E-state index contributed by atoms with van der Waals surface area (Å²) in [6.45, 7) is 8.64. The number of likely N-dealkylation sites (N-methyl/N-ethyl adjacent to an activating group) is 1. The highest BCUT2D eigenvalue weighted by Gasteiger charge is 2.29. The lowest BCUT2D eigenvalue weighted by Gasteiger charge is -2.33. The van der Waals surface area contributed by atoms with Crippen molar-refractivity contribution >= 4 is 17.1 Å². The van der Waals surface area contributed by atoms with Gasteiger partial charge in [0, 0.05) is 43.9 Å². The summed E-state index contributed by atoms with van der Waals surface area (Å²) in [5.74, 6) is 1.31. The first kappa shape index (κ1) is 32.5. The molecule has 1 aliphatic rings. The normalized spacial score (nSPS) is 15.6. The lowest BCUT2D eigenvalue weighted by atomic mass is 9.93. The molecule has 2 heterocycles. The number of piperidine rings is 1. The third-order valence-corrected chi connectivity index (χ3v) is 8.82. The molecule has 240 valence electrons. The molecule has 1 N–H and O–H groups in total. The standard InChI is InChI=1S/C36H45N3O6/c1-24-27(28-12-9-15-32(25(28)2)44-19-10-16-38(3)18-20-42-4)11-8-13-29(24)35-37-30-21-26(33(43-5)22-34(30)45-35)23-39-17-7-6-14-31(39)36(40)41/h8-9,11-13,15,21-22,31H,6-7,10,14,16-20,23H2,1-5H3,(H,40,41). The van der Waals surface area contributed by atoms with Crippen molar-refractivity contribution in [3.8, 4) is 34.1 Å². The first-order valence-electron chi connectivity index (χ1n) is 15.7. The first-order valence-corrected chi connectivity index (χ1v) is 15.7. The summed E-state index contributed by atoms with van der Waals surface area (Å²) in [6.07, 6.45) is 3.50. The first-order chi connectivity index (χ1) is 21.8. The van der Waals surface area contributed by atoms with E-state index >= 15 is 0 Å². The predicted octanol–water partition coefficient (Wildman–Crippen LogP) is 6.57. The van der Waals surface area contributed by atoms with Crippen LogP contribution in [0.1, 0.15) is 42.4 Å². The molecule has 1 fully saturated rings. The largest absolute Gasteiger partial charge is 0.496 e. The van der Waals surface area contributed by atoms with Gasteiger partial charge in [0.1, 0.15) is 23.1 Å². The number of ether oxygens (including phenoxy) is 3. The summed E-state index contributed by atoms with van der Waals surface area (Å²) < 4.78 is 23.4. The number of methoxy groups -OCH3 is 2. The van der Waals surface area contributed by atoms with Gasteiger partial charge in [-0.2, -0.15) is 0 Å². The molecule has 1 saturated heterocycles. The van der Waals surface area contributed by atoms with Crippen molar-refractivity contribution in [1.29, 1.82) is 0 Å². The molecule has 1 atom stereocenters. The quantitative estimate of drug-likeness (QED) is 0.158. The maximum atomic E-state index is 11.9. The van der Waals surface area contributed by atoms with Gasteiger partial charge < -0.3 is 28.6 Å². The van der Waals surface area contributed by atoms with Gasteiger partial charge in [-0.25, -0.2) is 4.98 Å². The molecule has 1 aromatic heterocycles. The second kappa shape index (κ2) is 14.9. The Kier molecular flexibility index (Phi) is 10.8. The topological polar surface area (TPSA) is 97.5 Å². The Morgan fingerprint density at radius 1 is 1.00 bits per heavy atom. The van der Waals surface area contributed by atoms with Crippen LogP contribution in [0.2, 0.25) is 0 Å². The van der Waals surface area contributed by atoms with E-state index in [2.05, 4.69) is 37.9 Å². The van der Waals surface area contributed by atoms with Gasteiger partial charge in [-0.3, -0.25) is 9.69 Å². The van der Waals surface area contributed by atoms with E-state index in [-0.39, 0.29) is 0 Å². The molecule has 0 amide bonds. The van der Waals surface area contributed by atoms with E-state index in [9.17, 15) is 9.90 Å². The average molecular weight is 616 g/mol. The third-order valence-electron chi connectivity index (χ3n) is 8.82. The fourth-order valence-corrected chi connectivity index (χ4v) is 6.20. The number of rotatable bonds is 14. The van der Waals surface area contributed by atoms with Gasteiger partial charge in [0.05, 0.1) is 20.3 Å². The molecule has 0 bridgehead atoms. The lowest BCUT2D eigenvalue weighted by Crippen LogP contribution is -2.44. The molecule has 4 aromatic rings. The highest BCUT2D eigenvalue weighted by atomic mass is 16.5. The van der Waals surface area contributed by atoms with Crippen molar-refractivity contribution in [1.82, 2.24) is 14.8 Å². The van der Waals surface area contributed by atoms with Gasteiger partial charge in [-0.05, 0) is 87.2 Å². The number of hydrogen-bond acceptors (Lipinski definition) is 8. The van der Waals surface area contributed by atoms with E-state index < -0.39 is 12.0 Å². The molecule has 9 heteroatoms. The predicted molar refractivity (Wildman–Crippen MR) is 176 cm³/mol. The summed E-state index contributed by atoms with van der Waals surface area (Å²) in [5, 5.41) is 9.76. The molecule has 0 spiro atoms. The van der Waals surface area contributed by atoms with E-state index in [1.54, 1.807) is 14.2 Å². The molecule has 1 aliphatic heterocycles. The fourth-order valence-electron chi connectivity index (χ4n) is 6.20. The Labute approximate surface area is 265 Å². The zero-order valence-electron chi connectivity index (χ0n) is 27.1. The number of carboxylic acids is 1. The van der Waals surface area contributed by atoms with E-state index in [0.29, 0.717) is 42.3 Å². The minimum absolute atomic E-state index is 0.481. The van der Waals surface area contributed by atoms with Crippen LogP contribution in [-0.2, 0) is 16.1 Å². The number of benzene rings is 3. The molecule has 9 nitrogen and oxygen atoms in total. The van der Waals surface area contributed by atoms with Crippen LogP contribution in [0.25, 0.3) is 33.7 Å². The number of fused-ring (bicyclic) bond motifs is 1. The van der Waals surface area contributed by atoms with Crippen molar-refractivity contribution < 1.29 is 28.5 Å². The molecule has 3 aromatic carbocycles. The fraction of sp³-hybridized carbons (Fsp3) is 0.444. The number of carbonyl (C=O) groups is 1. The van der Waals surface area contributed by atoms with E-state index in [1.165, 1.54) is 0 Å². The van der Waals surface area contributed by atoms with Gasteiger partial charge in [0.15, 0.2) is 5.58 Å². The van der Waals surface area contributed by atoms with Crippen LogP contribution >= 0.6 is 0 Å². The van der Waals surface area contributed by atoms with Crippen LogP contribution in [0.15, 0.2) is 52.9 Å². The number of nitrogens with zero attached hydrogens (tertiary/aromatic N) is 3. The van der Waals surface area contributed by atoms with Gasteiger partial charge in [-0.1, -0.05) is 30.7 Å². The van der Waals surface area contributed by atoms with Crippen molar-refractivity contribution in [2.75, 3.05) is 54.1 Å². The summed E-state index contributed by atoms with van der Waals surface area (Å²) >= 11 is 0. The van der Waals surface area contributed by atoms with Crippen LogP contribution in [0.3, 0.4) is 0 Å². The number of hydrogen-bond donors (Lipinski definition) is 1. The molecular formula is C36H45N3O6. The Bertz CT molecular complexity index is 1620. The van der Waals surface area contributed by atoms with E-state index in [0.717, 1.165) is 84.6 Å². The third kappa shape index (κ3) is 7.49. The Balaban J connectivity index is 1.38. The number of oxazole rings is 1. The highest BCUT2D eigenvalue weighted by molar-refractivity contribution is 5.83. The summed E-state index contributed by atoms with van der Waals surface area (Å²) in [7, 11) is 5.45. The van der Waals surface area contributed by atoms with Gasteiger partial charge in [0.25, 0.3) is 0 Å². The van der Waals surface area contributed by atoms with Crippen LogP contribution in [0, 0.1) is 13.8 Å². The number of aliphatic carboxylic acids is 1. The maximum absolute atomic E-state index is 11.9. The molecule has 0 radical (unpaired) electrons. The average Bonchev–Trinajstić information content (AvgIpc) is 3.45. The Morgan fingerprint density at radius 2 is 1.76 bits per heavy atom. The van der Waals surface area contributed by atoms with Crippen LogP contribution < -0.4 is 9.47 Å². The van der Waals surface area contributed by atoms with Gasteiger partial charge in [-0.15, -0.1) is 0 Å². The van der Waals surface area contributed by atoms with Crippen molar-refractivity contribution in [2.24, 2.45) is 0 Å². The number of carboxylic acid groups (broad SMARTS) is 1. The van der Waals surface area contributed by atoms with Crippen LogP contribution in [0.4, 0.5) is 0 Å². The number of aromatic nitrogens is 1. The van der Waals surface area contributed by atoms with Crippen molar-refractivity contribution in [3.63, 3.8) is 0 Å². The smallest absolute Gasteiger partial charge is 0.320 e. The second-order valence-corrected chi connectivity index (χ2v) is 11.9. The van der Waals surface area contributed by atoms with Gasteiger partial charge >= 0.3 is 5.97 Å².